The standard InChI is InChI=1S/C29H38O6/c1-19-7-10-24(21-8-11-23-20(17-21)9-12-25(23)30)27(26(19)31-5)34-18-28(2,3)35-29(4,32-6)22-13-15-33-16-14-22/h7-8,10-11,17,22H,9,12-16,18H2,1-6H3. The molecule has 0 bridgehead atoms. The summed E-state index contributed by atoms with van der Waals surface area (Å²) in [5.74, 6) is 1.11. The fourth-order valence-corrected chi connectivity index (χ4v) is 5.25. The zero-order valence-corrected chi connectivity index (χ0v) is 21.9. The molecule has 0 radical (unpaired) electrons. The van der Waals surface area contributed by atoms with E-state index in [4.69, 9.17) is 23.7 Å². The van der Waals surface area contributed by atoms with Crippen LogP contribution in [0.2, 0.25) is 0 Å². The Morgan fingerprint density at radius 2 is 1.69 bits per heavy atom. The monoisotopic (exact) mass is 482 g/mol. The summed E-state index contributed by atoms with van der Waals surface area (Å²) in [6.45, 7) is 9.81. The molecule has 2 aromatic rings. The highest BCUT2D eigenvalue weighted by atomic mass is 16.7. The first-order valence-corrected chi connectivity index (χ1v) is 12.5. The van der Waals surface area contributed by atoms with Crippen molar-refractivity contribution in [3.63, 3.8) is 0 Å². The third-order valence-corrected chi connectivity index (χ3v) is 7.26. The number of hydrogen-bond donors (Lipinski definition) is 0. The number of rotatable bonds is 9. The van der Waals surface area contributed by atoms with E-state index < -0.39 is 11.4 Å². The Kier molecular flexibility index (Phi) is 7.55. The van der Waals surface area contributed by atoms with E-state index in [0.29, 0.717) is 24.5 Å². The third kappa shape index (κ3) is 5.40. The Morgan fingerprint density at radius 3 is 2.37 bits per heavy atom. The number of Topliss-reactive ketones (excluding diaryl/α,β-unsaturated/α-hetero) is 1. The van der Waals surface area contributed by atoms with Crippen molar-refractivity contribution < 1.29 is 28.5 Å². The maximum absolute atomic E-state index is 12.1. The largest absolute Gasteiger partial charge is 0.493 e. The van der Waals surface area contributed by atoms with E-state index in [2.05, 4.69) is 12.1 Å². The second kappa shape index (κ2) is 10.3. The summed E-state index contributed by atoms with van der Waals surface area (Å²) in [6, 6.07) is 10.1. The lowest BCUT2D eigenvalue weighted by Crippen LogP contribution is -2.49. The molecule has 1 heterocycles. The lowest BCUT2D eigenvalue weighted by Gasteiger charge is -2.43. The highest BCUT2D eigenvalue weighted by molar-refractivity contribution is 6.01. The molecule has 2 aromatic carbocycles. The van der Waals surface area contributed by atoms with Crippen LogP contribution in [0.1, 0.15) is 61.5 Å². The first-order chi connectivity index (χ1) is 16.7. The van der Waals surface area contributed by atoms with Gasteiger partial charge in [0.2, 0.25) is 0 Å². The SMILES string of the molecule is COc1c(C)ccc(-c2ccc3c(c2)CCC3=O)c1OCC(C)(C)OC(C)(OC)C1CCOCC1. The highest BCUT2D eigenvalue weighted by Gasteiger charge is 2.41. The van der Waals surface area contributed by atoms with E-state index in [-0.39, 0.29) is 11.7 Å². The maximum atomic E-state index is 12.1. The number of carbonyl (C=O) groups excluding carboxylic acids is 1. The van der Waals surface area contributed by atoms with Crippen LogP contribution < -0.4 is 9.47 Å². The zero-order valence-electron chi connectivity index (χ0n) is 21.9. The lowest BCUT2D eigenvalue weighted by atomic mass is 9.91. The Morgan fingerprint density at radius 1 is 0.971 bits per heavy atom. The summed E-state index contributed by atoms with van der Waals surface area (Å²) in [7, 11) is 3.36. The minimum absolute atomic E-state index is 0.217. The maximum Gasteiger partial charge on any atom is 0.169 e. The Bertz CT molecular complexity index is 1070. The van der Waals surface area contributed by atoms with Crippen molar-refractivity contribution in [3.05, 3.63) is 47.0 Å². The van der Waals surface area contributed by atoms with Crippen LogP contribution in [0.4, 0.5) is 0 Å². The molecule has 2 aliphatic rings. The first kappa shape index (κ1) is 25.7. The molecular formula is C29H38O6. The second-order valence-corrected chi connectivity index (χ2v) is 10.3. The van der Waals surface area contributed by atoms with Crippen molar-refractivity contribution in [1.82, 2.24) is 0 Å². The number of carbonyl (C=O) groups is 1. The van der Waals surface area contributed by atoms with Crippen LogP contribution >= 0.6 is 0 Å². The molecule has 6 nitrogen and oxygen atoms in total. The smallest absolute Gasteiger partial charge is 0.169 e. The van der Waals surface area contributed by atoms with Gasteiger partial charge < -0.3 is 23.7 Å². The summed E-state index contributed by atoms with van der Waals surface area (Å²) in [4.78, 5) is 12.1. The zero-order chi connectivity index (χ0) is 25.2. The van der Waals surface area contributed by atoms with Gasteiger partial charge in [-0.1, -0.05) is 30.3 Å². The van der Waals surface area contributed by atoms with E-state index in [9.17, 15) is 4.79 Å². The third-order valence-electron chi connectivity index (χ3n) is 7.26. The summed E-state index contributed by atoms with van der Waals surface area (Å²) < 4.78 is 30.2. The van der Waals surface area contributed by atoms with Crippen LogP contribution in [0.3, 0.4) is 0 Å². The minimum atomic E-state index is -0.733. The molecule has 0 spiro atoms. The summed E-state index contributed by atoms with van der Waals surface area (Å²) in [5, 5.41) is 0. The van der Waals surface area contributed by atoms with Crippen LogP contribution in [-0.2, 0) is 20.6 Å². The lowest BCUT2D eigenvalue weighted by molar-refractivity contribution is -0.298. The van der Waals surface area contributed by atoms with E-state index in [1.807, 2.05) is 45.9 Å². The van der Waals surface area contributed by atoms with Crippen LogP contribution in [0.25, 0.3) is 11.1 Å². The number of aryl methyl sites for hydroxylation is 2. The predicted molar refractivity (Wildman–Crippen MR) is 135 cm³/mol. The Hall–Kier alpha value is -2.41. The molecule has 1 atom stereocenters. The minimum Gasteiger partial charge on any atom is -0.493 e. The number of ketones is 1. The average molecular weight is 483 g/mol. The van der Waals surface area contributed by atoms with Crippen LogP contribution in [-0.4, -0.2) is 51.2 Å². The molecule has 1 fully saturated rings. The molecule has 35 heavy (non-hydrogen) atoms. The summed E-state index contributed by atoms with van der Waals surface area (Å²) in [5.41, 5.74) is 4.23. The van der Waals surface area contributed by atoms with Gasteiger partial charge in [0.05, 0.1) is 12.7 Å². The van der Waals surface area contributed by atoms with Gasteiger partial charge in [0.25, 0.3) is 0 Å². The van der Waals surface area contributed by atoms with Gasteiger partial charge in [0.1, 0.15) is 6.61 Å². The number of benzene rings is 2. The number of hydrogen-bond acceptors (Lipinski definition) is 6. The average Bonchev–Trinajstić information content (AvgIpc) is 3.23. The van der Waals surface area contributed by atoms with Crippen LogP contribution in [0, 0.1) is 12.8 Å². The van der Waals surface area contributed by atoms with Crippen LogP contribution in [0.15, 0.2) is 30.3 Å². The van der Waals surface area contributed by atoms with E-state index in [1.54, 1.807) is 14.2 Å². The van der Waals surface area contributed by atoms with Gasteiger partial charge in [0.15, 0.2) is 23.1 Å². The topological polar surface area (TPSA) is 63.2 Å². The number of methoxy groups -OCH3 is 2. The molecule has 190 valence electrons. The normalized spacial score (nSPS) is 18.3. The van der Waals surface area contributed by atoms with Crippen molar-refractivity contribution in [1.29, 1.82) is 0 Å². The van der Waals surface area contributed by atoms with Gasteiger partial charge in [-0.25, -0.2) is 0 Å². The van der Waals surface area contributed by atoms with Crippen LogP contribution in [0.5, 0.6) is 11.5 Å². The molecule has 0 aromatic heterocycles. The fourth-order valence-electron chi connectivity index (χ4n) is 5.25. The Labute approximate surface area is 208 Å². The van der Waals surface area contributed by atoms with Crippen molar-refractivity contribution >= 4 is 5.78 Å². The molecular weight excluding hydrogens is 444 g/mol. The summed E-state index contributed by atoms with van der Waals surface area (Å²) >= 11 is 0. The quantitative estimate of drug-likeness (QED) is 0.423. The molecule has 0 amide bonds. The second-order valence-electron chi connectivity index (χ2n) is 10.3. The Balaban J connectivity index is 1.60. The van der Waals surface area contributed by atoms with Crippen molar-refractivity contribution in [2.45, 2.75) is 64.8 Å². The van der Waals surface area contributed by atoms with E-state index in [1.165, 1.54) is 0 Å². The van der Waals surface area contributed by atoms with Crippen molar-refractivity contribution in [3.8, 4) is 22.6 Å². The van der Waals surface area contributed by atoms with Gasteiger partial charge in [-0.05, 0) is 63.6 Å². The molecule has 1 aliphatic heterocycles. The highest BCUT2D eigenvalue weighted by Crippen LogP contribution is 2.43. The fraction of sp³-hybridized carbons (Fsp3) is 0.552. The number of fused-ring (bicyclic) bond motifs is 1. The van der Waals surface area contributed by atoms with E-state index in [0.717, 1.165) is 60.3 Å². The van der Waals surface area contributed by atoms with Gasteiger partial charge in [0, 0.05) is 43.8 Å². The van der Waals surface area contributed by atoms with Crippen molar-refractivity contribution in [2.75, 3.05) is 34.0 Å². The molecule has 1 aliphatic carbocycles. The first-order valence-electron chi connectivity index (χ1n) is 12.5. The molecule has 0 saturated carbocycles. The summed E-state index contributed by atoms with van der Waals surface area (Å²) in [6.07, 6.45) is 3.16. The van der Waals surface area contributed by atoms with Gasteiger partial charge in [-0.3, -0.25) is 4.79 Å². The van der Waals surface area contributed by atoms with Gasteiger partial charge in [-0.2, -0.15) is 0 Å². The van der Waals surface area contributed by atoms with Crippen molar-refractivity contribution in [2.24, 2.45) is 5.92 Å². The molecule has 4 rings (SSSR count). The van der Waals surface area contributed by atoms with Gasteiger partial charge >= 0.3 is 0 Å². The number of ether oxygens (including phenoxy) is 5. The molecule has 0 N–H and O–H groups in total. The molecule has 1 saturated heterocycles. The predicted octanol–water partition coefficient (Wildman–Crippen LogP) is 5.76. The van der Waals surface area contributed by atoms with Gasteiger partial charge in [-0.15, -0.1) is 0 Å². The van der Waals surface area contributed by atoms with E-state index >= 15 is 0 Å². The molecule has 6 heteroatoms. The molecule has 1 unspecified atom stereocenters.